The number of carbonyl (C=O) groups is 1. The second-order valence-electron chi connectivity index (χ2n) is 8.60. The SMILES string of the molecule is CC(C)(C)OC(=O)N1CCc2c(CNc3ccc(-c4cc(F)ccc4Cl)nn3)csc2C1. The molecule has 9 heteroatoms. The Morgan fingerprint density at radius 1 is 1.28 bits per heavy atom. The lowest BCUT2D eigenvalue weighted by Gasteiger charge is -2.30. The molecule has 2 aromatic heterocycles. The van der Waals surface area contributed by atoms with Crippen molar-refractivity contribution in [3.05, 3.63) is 62.6 Å². The van der Waals surface area contributed by atoms with E-state index in [2.05, 4.69) is 20.9 Å². The first-order valence-corrected chi connectivity index (χ1v) is 11.5. The van der Waals surface area contributed by atoms with Crippen LogP contribution in [0.5, 0.6) is 0 Å². The summed E-state index contributed by atoms with van der Waals surface area (Å²) in [6, 6.07) is 7.72. The lowest BCUT2D eigenvalue weighted by Crippen LogP contribution is -2.39. The third-order valence-corrected chi connectivity index (χ3v) is 6.41. The smallest absolute Gasteiger partial charge is 0.410 e. The van der Waals surface area contributed by atoms with Gasteiger partial charge in [0.1, 0.15) is 17.2 Å². The van der Waals surface area contributed by atoms with Gasteiger partial charge in [0.15, 0.2) is 0 Å². The van der Waals surface area contributed by atoms with E-state index in [-0.39, 0.29) is 11.9 Å². The summed E-state index contributed by atoms with van der Waals surface area (Å²) >= 11 is 7.80. The summed E-state index contributed by atoms with van der Waals surface area (Å²) in [5, 5.41) is 14.2. The molecule has 1 aliphatic rings. The first-order chi connectivity index (χ1) is 15.2. The Morgan fingerprint density at radius 2 is 2.09 bits per heavy atom. The number of fused-ring (bicyclic) bond motifs is 1. The van der Waals surface area contributed by atoms with Crippen molar-refractivity contribution in [1.82, 2.24) is 15.1 Å². The Balaban J connectivity index is 1.39. The maximum atomic E-state index is 13.5. The number of carbonyl (C=O) groups excluding carboxylic acids is 1. The summed E-state index contributed by atoms with van der Waals surface area (Å²) in [7, 11) is 0. The molecule has 1 N–H and O–H groups in total. The first-order valence-electron chi connectivity index (χ1n) is 10.3. The predicted octanol–water partition coefficient (Wildman–Crippen LogP) is 5.90. The van der Waals surface area contributed by atoms with Crippen molar-refractivity contribution in [2.75, 3.05) is 11.9 Å². The highest BCUT2D eigenvalue weighted by atomic mass is 35.5. The Bertz CT molecular complexity index is 1130. The molecule has 1 amide bonds. The second kappa shape index (κ2) is 9.03. The van der Waals surface area contributed by atoms with Crippen molar-refractivity contribution in [2.45, 2.75) is 45.9 Å². The third kappa shape index (κ3) is 5.19. The molecular weight excluding hydrogens is 451 g/mol. The molecule has 0 fully saturated rings. The van der Waals surface area contributed by atoms with Crippen LogP contribution in [-0.2, 0) is 24.2 Å². The standard InChI is InChI=1S/C23H24ClFN4O2S/c1-23(2,3)31-22(30)29-9-8-16-14(13-32-20(16)12-29)11-26-21-7-6-19(27-28-21)17-10-15(25)4-5-18(17)24/h4-7,10,13H,8-9,11-12H2,1-3H3,(H,26,28). The number of aromatic nitrogens is 2. The largest absolute Gasteiger partial charge is 0.444 e. The molecule has 0 radical (unpaired) electrons. The summed E-state index contributed by atoms with van der Waals surface area (Å²) < 4.78 is 19.0. The van der Waals surface area contributed by atoms with Crippen LogP contribution in [-0.4, -0.2) is 33.3 Å². The number of halogens is 2. The van der Waals surface area contributed by atoms with Gasteiger partial charge in [0, 0.05) is 23.5 Å². The Hall–Kier alpha value is -2.71. The number of rotatable bonds is 4. The lowest BCUT2D eigenvalue weighted by molar-refractivity contribution is 0.0226. The van der Waals surface area contributed by atoms with Crippen LogP contribution in [0.1, 0.15) is 36.8 Å². The molecule has 0 unspecified atom stereocenters. The predicted molar refractivity (Wildman–Crippen MR) is 124 cm³/mol. The van der Waals surface area contributed by atoms with Crippen molar-refractivity contribution in [1.29, 1.82) is 0 Å². The Labute approximate surface area is 195 Å². The molecule has 3 aromatic rings. The average Bonchev–Trinajstić information content (AvgIpc) is 3.15. The Kier molecular flexibility index (Phi) is 6.35. The van der Waals surface area contributed by atoms with E-state index < -0.39 is 5.60 Å². The fourth-order valence-electron chi connectivity index (χ4n) is 3.48. The number of nitrogens with zero attached hydrogens (tertiary/aromatic N) is 3. The molecule has 0 saturated carbocycles. The van der Waals surface area contributed by atoms with Crippen molar-refractivity contribution in [2.24, 2.45) is 0 Å². The number of hydrogen-bond acceptors (Lipinski definition) is 6. The highest BCUT2D eigenvalue weighted by molar-refractivity contribution is 7.10. The molecule has 0 saturated heterocycles. The molecule has 0 spiro atoms. The molecule has 6 nitrogen and oxygen atoms in total. The third-order valence-electron chi connectivity index (χ3n) is 5.01. The number of benzene rings is 1. The zero-order valence-corrected chi connectivity index (χ0v) is 19.7. The summed E-state index contributed by atoms with van der Waals surface area (Å²) in [6.45, 7) is 7.42. The molecule has 32 heavy (non-hydrogen) atoms. The van der Waals surface area contributed by atoms with Crippen molar-refractivity contribution < 1.29 is 13.9 Å². The van der Waals surface area contributed by atoms with Crippen molar-refractivity contribution >= 4 is 34.8 Å². The highest BCUT2D eigenvalue weighted by Gasteiger charge is 2.27. The van der Waals surface area contributed by atoms with Gasteiger partial charge >= 0.3 is 6.09 Å². The number of anilines is 1. The van der Waals surface area contributed by atoms with Gasteiger partial charge in [-0.1, -0.05) is 11.6 Å². The van der Waals surface area contributed by atoms with E-state index in [4.69, 9.17) is 16.3 Å². The normalized spacial score (nSPS) is 13.6. The maximum Gasteiger partial charge on any atom is 0.410 e. The van der Waals surface area contributed by atoms with Crippen LogP contribution in [0.15, 0.2) is 35.7 Å². The summed E-state index contributed by atoms with van der Waals surface area (Å²) in [4.78, 5) is 15.3. The topological polar surface area (TPSA) is 67.3 Å². The van der Waals surface area contributed by atoms with Gasteiger partial charge in [-0.3, -0.25) is 0 Å². The van der Waals surface area contributed by atoms with Crippen LogP contribution in [0.3, 0.4) is 0 Å². The van der Waals surface area contributed by atoms with Gasteiger partial charge in [0.25, 0.3) is 0 Å². The van der Waals surface area contributed by atoms with Gasteiger partial charge in [0.2, 0.25) is 0 Å². The van der Waals surface area contributed by atoms with Gasteiger partial charge in [-0.2, -0.15) is 0 Å². The van der Waals surface area contributed by atoms with E-state index in [1.54, 1.807) is 28.4 Å². The molecule has 0 bridgehead atoms. The van der Waals surface area contributed by atoms with Gasteiger partial charge in [-0.25, -0.2) is 9.18 Å². The van der Waals surface area contributed by atoms with Crippen LogP contribution < -0.4 is 5.32 Å². The minimum Gasteiger partial charge on any atom is -0.444 e. The molecule has 1 aromatic carbocycles. The number of ether oxygens (including phenoxy) is 1. The van der Waals surface area contributed by atoms with E-state index in [0.29, 0.717) is 41.7 Å². The van der Waals surface area contributed by atoms with Crippen LogP contribution in [0.4, 0.5) is 15.0 Å². The van der Waals surface area contributed by atoms with Gasteiger partial charge in [0.05, 0.1) is 17.3 Å². The molecule has 0 atom stereocenters. The van der Waals surface area contributed by atoms with E-state index in [1.807, 2.05) is 20.8 Å². The minimum absolute atomic E-state index is 0.273. The number of hydrogen-bond donors (Lipinski definition) is 1. The average molecular weight is 475 g/mol. The van der Waals surface area contributed by atoms with Crippen molar-refractivity contribution in [3.63, 3.8) is 0 Å². The number of nitrogens with one attached hydrogen (secondary N) is 1. The van der Waals surface area contributed by atoms with Crippen molar-refractivity contribution in [3.8, 4) is 11.3 Å². The summed E-state index contributed by atoms with van der Waals surface area (Å²) in [6.07, 6.45) is 0.516. The minimum atomic E-state index is -0.502. The first kappa shape index (κ1) is 22.5. The van der Waals surface area contributed by atoms with Crippen LogP contribution in [0.2, 0.25) is 5.02 Å². The van der Waals surface area contributed by atoms with E-state index in [0.717, 1.165) is 6.42 Å². The molecule has 4 rings (SSSR count). The summed E-state index contributed by atoms with van der Waals surface area (Å²) in [5.41, 5.74) is 2.98. The number of amides is 1. The molecule has 168 valence electrons. The zero-order valence-electron chi connectivity index (χ0n) is 18.1. The monoisotopic (exact) mass is 474 g/mol. The molecule has 3 heterocycles. The summed E-state index contributed by atoms with van der Waals surface area (Å²) in [5.74, 6) is 0.244. The zero-order chi connectivity index (χ0) is 22.9. The van der Waals surface area contributed by atoms with Crippen LogP contribution >= 0.6 is 22.9 Å². The molecule has 0 aliphatic carbocycles. The fraction of sp³-hybridized carbons (Fsp3) is 0.348. The Morgan fingerprint density at radius 3 is 2.81 bits per heavy atom. The second-order valence-corrected chi connectivity index (χ2v) is 9.97. The van der Waals surface area contributed by atoms with E-state index in [1.165, 1.54) is 34.2 Å². The van der Waals surface area contributed by atoms with Crippen LogP contribution in [0, 0.1) is 5.82 Å². The fourth-order valence-corrected chi connectivity index (χ4v) is 4.81. The highest BCUT2D eigenvalue weighted by Crippen LogP contribution is 2.30. The van der Waals surface area contributed by atoms with E-state index >= 15 is 0 Å². The van der Waals surface area contributed by atoms with Gasteiger partial charge < -0.3 is 15.0 Å². The lowest BCUT2D eigenvalue weighted by atomic mass is 10.0. The quantitative estimate of drug-likeness (QED) is 0.509. The molecule has 1 aliphatic heterocycles. The van der Waals surface area contributed by atoms with Gasteiger partial charge in [-0.15, -0.1) is 21.5 Å². The maximum absolute atomic E-state index is 13.5. The number of thiophene rings is 1. The van der Waals surface area contributed by atoms with Crippen LogP contribution in [0.25, 0.3) is 11.3 Å². The molecular formula is C23H24ClFN4O2S. The van der Waals surface area contributed by atoms with E-state index in [9.17, 15) is 9.18 Å². The van der Waals surface area contributed by atoms with Gasteiger partial charge in [-0.05, 0) is 74.0 Å².